The Labute approximate surface area is 279 Å². The number of nitrogens with one attached hydrogen (secondary N) is 1. The monoisotopic (exact) mass is 656 g/mol. The van der Waals surface area contributed by atoms with Gasteiger partial charge in [-0.25, -0.2) is 0 Å². The van der Waals surface area contributed by atoms with Gasteiger partial charge in [-0.15, -0.1) is 0 Å². The first-order valence-electron chi connectivity index (χ1n) is 18.7. The van der Waals surface area contributed by atoms with E-state index >= 15 is 0 Å². The van der Waals surface area contributed by atoms with Crippen LogP contribution >= 0.6 is 0 Å². The van der Waals surface area contributed by atoms with E-state index in [1.165, 1.54) is 83.5 Å². The Kier molecular flexibility index (Phi) is 25.0. The average Bonchev–Trinajstić information content (AvgIpc) is 3.04. The van der Waals surface area contributed by atoms with E-state index in [0.717, 1.165) is 51.4 Å². The van der Waals surface area contributed by atoms with Crippen LogP contribution < -0.4 is 5.32 Å². The third kappa shape index (κ3) is 18.6. The largest absolute Gasteiger partial charge is 0.481 e. The number of hydrogen-bond donors (Lipinski definition) is 5. The predicted octanol–water partition coefficient (Wildman–Crippen LogP) is 6.23. The highest BCUT2D eigenvalue weighted by molar-refractivity contribution is 5.81. The molecular weight excluding hydrogens is 588 g/mol. The SMILES string of the molecule is CCCCCCCCCCCCCC(=O)N(CCCCCCCCCCCC)[C@@H]1O[C@H](CO)[C@@H](O)[C@H](O)[C@H]1NC(=O)CCC(=O)O. The fourth-order valence-corrected chi connectivity index (χ4v) is 6.25. The molecule has 1 saturated heterocycles. The second-order valence-electron chi connectivity index (χ2n) is 13.3. The molecule has 0 unspecified atom stereocenters. The van der Waals surface area contributed by atoms with E-state index in [1.54, 1.807) is 4.90 Å². The Morgan fingerprint density at radius 2 is 1.09 bits per heavy atom. The topological polar surface area (TPSA) is 157 Å². The number of carboxylic acids is 1. The summed E-state index contributed by atoms with van der Waals surface area (Å²) in [5, 5.41) is 43.0. The normalized spacial score (nSPS) is 21.3. The number of carbonyl (C=O) groups excluding carboxylic acids is 2. The molecule has 0 aromatic rings. The lowest BCUT2D eigenvalue weighted by Gasteiger charge is -2.47. The molecule has 1 aliphatic heterocycles. The van der Waals surface area contributed by atoms with Crippen molar-refractivity contribution in [1.82, 2.24) is 10.2 Å². The second kappa shape index (κ2) is 27.2. The van der Waals surface area contributed by atoms with Crippen molar-refractivity contribution in [3.05, 3.63) is 0 Å². The van der Waals surface area contributed by atoms with Crippen LogP contribution in [0.25, 0.3) is 0 Å². The number of aliphatic hydroxyl groups excluding tert-OH is 3. The lowest BCUT2D eigenvalue weighted by atomic mass is 9.94. The van der Waals surface area contributed by atoms with Crippen molar-refractivity contribution in [3.8, 4) is 0 Å². The summed E-state index contributed by atoms with van der Waals surface area (Å²) in [5.41, 5.74) is 0. The number of carboxylic acid groups (broad SMARTS) is 1. The minimum Gasteiger partial charge on any atom is -0.481 e. The number of carbonyl (C=O) groups is 3. The molecule has 5 N–H and O–H groups in total. The molecule has 270 valence electrons. The Morgan fingerprint density at radius 1 is 0.630 bits per heavy atom. The van der Waals surface area contributed by atoms with Crippen molar-refractivity contribution in [2.45, 2.75) is 199 Å². The summed E-state index contributed by atoms with van der Waals surface area (Å²) >= 11 is 0. The molecule has 0 aliphatic carbocycles. The smallest absolute Gasteiger partial charge is 0.303 e. The van der Waals surface area contributed by atoms with Gasteiger partial charge in [-0.1, -0.05) is 136 Å². The summed E-state index contributed by atoms with van der Waals surface area (Å²) in [6.45, 7) is 4.24. The van der Waals surface area contributed by atoms with E-state index in [9.17, 15) is 29.7 Å². The molecule has 1 fully saturated rings. The third-order valence-electron chi connectivity index (χ3n) is 9.17. The van der Waals surface area contributed by atoms with Gasteiger partial charge in [0.2, 0.25) is 11.8 Å². The van der Waals surface area contributed by atoms with Crippen molar-refractivity contribution in [3.63, 3.8) is 0 Å². The van der Waals surface area contributed by atoms with Gasteiger partial charge in [-0.05, 0) is 12.8 Å². The molecule has 10 nitrogen and oxygen atoms in total. The van der Waals surface area contributed by atoms with Crippen LogP contribution in [0, 0.1) is 0 Å². The van der Waals surface area contributed by atoms with Crippen molar-refractivity contribution in [1.29, 1.82) is 0 Å². The molecule has 0 saturated carbocycles. The van der Waals surface area contributed by atoms with E-state index in [-0.39, 0.29) is 18.7 Å². The minimum atomic E-state index is -1.50. The van der Waals surface area contributed by atoms with Crippen molar-refractivity contribution < 1.29 is 39.5 Å². The molecule has 46 heavy (non-hydrogen) atoms. The van der Waals surface area contributed by atoms with Gasteiger partial charge in [0, 0.05) is 19.4 Å². The number of aliphatic hydroxyl groups is 3. The fourth-order valence-electron chi connectivity index (χ4n) is 6.25. The summed E-state index contributed by atoms with van der Waals surface area (Å²) in [7, 11) is 0. The maximum absolute atomic E-state index is 13.7. The van der Waals surface area contributed by atoms with Crippen LogP contribution in [0.1, 0.15) is 168 Å². The minimum absolute atomic E-state index is 0.151. The zero-order chi connectivity index (χ0) is 34.0. The van der Waals surface area contributed by atoms with Crippen molar-refractivity contribution in [2.24, 2.45) is 0 Å². The maximum atomic E-state index is 13.7. The third-order valence-corrected chi connectivity index (χ3v) is 9.17. The predicted molar refractivity (Wildman–Crippen MR) is 181 cm³/mol. The second-order valence-corrected chi connectivity index (χ2v) is 13.3. The lowest BCUT2D eigenvalue weighted by molar-refractivity contribution is -0.231. The van der Waals surface area contributed by atoms with E-state index in [1.807, 2.05) is 0 Å². The quantitative estimate of drug-likeness (QED) is 0.0594. The zero-order valence-electron chi connectivity index (χ0n) is 29.1. The molecule has 10 heteroatoms. The van der Waals surface area contributed by atoms with Crippen LogP contribution in [0.2, 0.25) is 0 Å². The van der Waals surface area contributed by atoms with Gasteiger partial charge in [-0.3, -0.25) is 14.4 Å². The van der Waals surface area contributed by atoms with Gasteiger partial charge in [-0.2, -0.15) is 0 Å². The van der Waals surface area contributed by atoms with Crippen LogP contribution in [-0.4, -0.2) is 86.8 Å². The van der Waals surface area contributed by atoms with E-state index in [4.69, 9.17) is 9.84 Å². The van der Waals surface area contributed by atoms with Gasteiger partial charge >= 0.3 is 5.97 Å². The van der Waals surface area contributed by atoms with E-state index in [0.29, 0.717) is 13.0 Å². The van der Waals surface area contributed by atoms with E-state index < -0.39 is 49.1 Å². The number of ether oxygens (including phenoxy) is 1. The average molecular weight is 657 g/mol. The Balaban J connectivity index is 2.79. The fraction of sp³-hybridized carbons (Fsp3) is 0.917. The lowest BCUT2D eigenvalue weighted by Crippen LogP contribution is -2.68. The van der Waals surface area contributed by atoms with Gasteiger partial charge < -0.3 is 35.4 Å². The van der Waals surface area contributed by atoms with Crippen LogP contribution in [-0.2, 0) is 19.1 Å². The van der Waals surface area contributed by atoms with Crippen LogP contribution in [0.4, 0.5) is 0 Å². The molecule has 0 spiro atoms. The summed E-state index contributed by atoms with van der Waals surface area (Å²) < 4.78 is 6.00. The van der Waals surface area contributed by atoms with Crippen LogP contribution in [0.15, 0.2) is 0 Å². The number of amides is 2. The standard InChI is InChI=1S/C36H68N2O8/c1-3-5-7-9-11-13-15-16-18-20-22-24-31(41)38(27-23-21-19-17-14-12-10-8-6-4-2)36-33(37-30(40)25-26-32(42)43)35(45)34(44)29(28-39)46-36/h29,33-36,39,44-45H,3-28H2,1-2H3,(H,37,40)(H,42,43)/t29-,33-,34-,35-,36-/m1/s1. The number of aliphatic carboxylic acids is 1. The van der Waals surface area contributed by atoms with Gasteiger partial charge in [0.1, 0.15) is 24.4 Å². The van der Waals surface area contributed by atoms with Crippen molar-refractivity contribution >= 4 is 17.8 Å². The first-order chi connectivity index (χ1) is 22.3. The zero-order valence-corrected chi connectivity index (χ0v) is 29.1. The van der Waals surface area contributed by atoms with Crippen LogP contribution in [0.3, 0.4) is 0 Å². The van der Waals surface area contributed by atoms with Gasteiger partial charge in [0.15, 0.2) is 6.23 Å². The molecule has 0 bridgehead atoms. The van der Waals surface area contributed by atoms with Gasteiger partial charge in [0.25, 0.3) is 0 Å². The molecule has 2 amide bonds. The maximum Gasteiger partial charge on any atom is 0.303 e. The molecule has 5 atom stereocenters. The summed E-state index contributed by atoms with van der Waals surface area (Å²) in [5.74, 6) is -1.90. The molecular formula is C36H68N2O8. The first-order valence-corrected chi connectivity index (χ1v) is 18.7. The number of unbranched alkanes of at least 4 members (excludes halogenated alkanes) is 19. The number of rotatable bonds is 29. The van der Waals surface area contributed by atoms with E-state index in [2.05, 4.69) is 19.2 Å². The van der Waals surface area contributed by atoms with Crippen molar-refractivity contribution in [2.75, 3.05) is 13.2 Å². The highest BCUT2D eigenvalue weighted by Gasteiger charge is 2.48. The molecule has 0 aromatic carbocycles. The summed E-state index contributed by atoms with van der Waals surface area (Å²) in [6, 6.07) is -1.16. The summed E-state index contributed by atoms with van der Waals surface area (Å²) in [6.07, 6.45) is 18.6. The Morgan fingerprint density at radius 3 is 1.54 bits per heavy atom. The van der Waals surface area contributed by atoms with Crippen LogP contribution in [0.5, 0.6) is 0 Å². The highest BCUT2D eigenvalue weighted by Crippen LogP contribution is 2.26. The number of hydrogen-bond acceptors (Lipinski definition) is 7. The molecule has 1 rings (SSSR count). The Bertz CT molecular complexity index is 798. The first kappa shape index (κ1) is 42.3. The Hall–Kier alpha value is -1.75. The van der Waals surface area contributed by atoms with Gasteiger partial charge in [0.05, 0.1) is 13.0 Å². The molecule has 1 heterocycles. The molecule has 0 radical (unpaired) electrons. The highest BCUT2D eigenvalue weighted by atomic mass is 16.5. The number of nitrogens with zero attached hydrogens (tertiary/aromatic N) is 1. The molecule has 1 aliphatic rings. The molecule has 0 aromatic heterocycles. The summed E-state index contributed by atoms with van der Waals surface area (Å²) in [4.78, 5) is 38.8.